The Morgan fingerprint density at radius 3 is 2.87 bits per heavy atom. The van der Waals surface area contributed by atoms with Crippen molar-refractivity contribution in [2.45, 2.75) is 38.8 Å². The van der Waals surface area contributed by atoms with E-state index in [1.807, 2.05) is 43.5 Å². The molecular formula is C24H31N5O. The third-order valence-corrected chi connectivity index (χ3v) is 6.11. The van der Waals surface area contributed by atoms with Crippen LogP contribution in [-0.2, 0) is 6.42 Å². The SMILES string of the molecule is CCc1cccc(C(=O)NC2=CC=CC(c3c[nH]c4c3NC(CC)CN4C)N2C)c1. The molecule has 2 atom stereocenters. The summed E-state index contributed by atoms with van der Waals surface area (Å²) in [6.45, 7) is 5.28. The largest absolute Gasteiger partial charge is 0.377 e. The van der Waals surface area contributed by atoms with Crippen LogP contribution < -0.4 is 15.5 Å². The Balaban J connectivity index is 1.54. The van der Waals surface area contributed by atoms with Gasteiger partial charge in [-0.1, -0.05) is 38.1 Å². The first-order valence-electron chi connectivity index (χ1n) is 10.7. The summed E-state index contributed by atoms with van der Waals surface area (Å²) in [5.74, 6) is 1.83. The van der Waals surface area contributed by atoms with Crippen molar-refractivity contribution in [3.8, 4) is 0 Å². The van der Waals surface area contributed by atoms with Gasteiger partial charge in [-0.15, -0.1) is 0 Å². The normalized spacial score (nSPS) is 20.5. The molecule has 1 amide bonds. The molecule has 6 nitrogen and oxygen atoms in total. The fourth-order valence-electron chi connectivity index (χ4n) is 4.23. The van der Waals surface area contributed by atoms with Crippen molar-refractivity contribution in [3.63, 3.8) is 0 Å². The molecule has 0 saturated carbocycles. The van der Waals surface area contributed by atoms with Crippen LogP contribution in [0.25, 0.3) is 0 Å². The number of carbonyl (C=O) groups is 1. The smallest absolute Gasteiger partial charge is 0.256 e. The molecule has 0 spiro atoms. The zero-order valence-corrected chi connectivity index (χ0v) is 18.2. The molecule has 3 heterocycles. The molecule has 0 saturated heterocycles. The van der Waals surface area contributed by atoms with E-state index in [1.165, 1.54) is 5.56 Å². The summed E-state index contributed by atoms with van der Waals surface area (Å²) in [4.78, 5) is 20.7. The quantitative estimate of drug-likeness (QED) is 0.703. The van der Waals surface area contributed by atoms with Gasteiger partial charge in [-0.05, 0) is 36.6 Å². The molecule has 2 aromatic rings. The van der Waals surface area contributed by atoms with E-state index in [0.29, 0.717) is 11.6 Å². The van der Waals surface area contributed by atoms with E-state index in [4.69, 9.17) is 0 Å². The van der Waals surface area contributed by atoms with Crippen molar-refractivity contribution in [2.24, 2.45) is 0 Å². The Labute approximate surface area is 178 Å². The highest BCUT2D eigenvalue weighted by Crippen LogP contribution is 2.40. The summed E-state index contributed by atoms with van der Waals surface area (Å²) in [5, 5.41) is 6.79. The Bertz CT molecular complexity index is 989. The number of H-pyrrole nitrogens is 1. The van der Waals surface area contributed by atoms with Crippen molar-refractivity contribution in [1.82, 2.24) is 15.2 Å². The van der Waals surface area contributed by atoms with Crippen molar-refractivity contribution in [1.29, 1.82) is 0 Å². The molecule has 4 rings (SSSR count). The van der Waals surface area contributed by atoms with E-state index >= 15 is 0 Å². The zero-order chi connectivity index (χ0) is 21.3. The van der Waals surface area contributed by atoms with Gasteiger partial charge in [-0.25, -0.2) is 0 Å². The van der Waals surface area contributed by atoms with Crippen LogP contribution in [0.1, 0.15) is 47.8 Å². The molecule has 0 aliphatic carbocycles. The number of allylic oxidation sites excluding steroid dienone is 2. The summed E-state index contributed by atoms with van der Waals surface area (Å²) in [6, 6.07) is 8.26. The Morgan fingerprint density at radius 1 is 1.27 bits per heavy atom. The number of hydrogen-bond donors (Lipinski definition) is 3. The van der Waals surface area contributed by atoms with E-state index in [9.17, 15) is 4.79 Å². The van der Waals surface area contributed by atoms with Gasteiger partial charge < -0.3 is 25.4 Å². The van der Waals surface area contributed by atoms with E-state index in [2.05, 4.69) is 58.6 Å². The van der Waals surface area contributed by atoms with Gasteiger partial charge in [0.15, 0.2) is 0 Å². The molecule has 158 valence electrons. The van der Waals surface area contributed by atoms with E-state index in [1.54, 1.807) is 0 Å². The number of fused-ring (bicyclic) bond motifs is 1. The first kappa shape index (κ1) is 20.1. The number of hydrogen-bond acceptors (Lipinski definition) is 4. The maximum atomic E-state index is 12.8. The third kappa shape index (κ3) is 3.70. The molecule has 6 heteroatoms. The number of aryl methyl sites for hydroxylation is 1. The predicted octanol–water partition coefficient (Wildman–Crippen LogP) is 4.03. The summed E-state index contributed by atoms with van der Waals surface area (Å²) in [5.41, 5.74) is 4.18. The highest BCUT2D eigenvalue weighted by molar-refractivity contribution is 5.95. The maximum Gasteiger partial charge on any atom is 0.256 e. The Hall–Kier alpha value is -3.15. The minimum absolute atomic E-state index is 0.0313. The number of aromatic amines is 1. The number of anilines is 2. The molecule has 2 aliphatic rings. The van der Waals surface area contributed by atoms with Gasteiger partial charge in [-0.3, -0.25) is 4.79 Å². The van der Waals surface area contributed by atoms with Crippen LogP contribution in [0.4, 0.5) is 11.5 Å². The van der Waals surface area contributed by atoms with Crippen LogP contribution in [0.15, 0.2) is 54.5 Å². The number of nitrogens with one attached hydrogen (secondary N) is 3. The number of nitrogens with zero attached hydrogens (tertiary/aromatic N) is 2. The number of rotatable bonds is 5. The lowest BCUT2D eigenvalue weighted by molar-refractivity contribution is 0.0950. The minimum Gasteiger partial charge on any atom is -0.377 e. The monoisotopic (exact) mass is 405 g/mol. The van der Waals surface area contributed by atoms with Gasteiger partial charge in [-0.2, -0.15) is 0 Å². The maximum absolute atomic E-state index is 12.8. The van der Waals surface area contributed by atoms with Gasteiger partial charge in [0, 0.05) is 44.0 Å². The summed E-state index contributed by atoms with van der Waals surface area (Å²) < 4.78 is 0. The van der Waals surface area contributed by atoms with Gasteiger partial charge >= 0.3 is 0 Å². The number of likely N-dealkylation sites (N-methyl/N-ethyl adjacent to an activating group) is 2. The van der Waals surface area contributed by atoms with Crippen LogP contribution in [0.3, 0.4) is 0 Å². The fraction of sp³-hybridized carbons (Fsp3) is 0.375. The third-order valence-electron chi connectivity index (χ3n) is 6.11. The lowest BCUT2D eigenvalue weighted by Crippen LogP contribution is -2.40. The Morgan fingerprint density at radius 2 is 2.10 bits per heavy atom. The highest BCUT2D eigenvalue weighted by Gasteiger charge is 2.30. The van der Waals surface area contributed by atoms with Gasteiger partial charge in [0.25, 0.3) is 5.91 Å². The molecule has 2 aliphatic heterocycles. The number of aromatic nitrogens is 1. The Kier molecular flexibility index (Phi) is 5.57. The average molecular weight is 406 g/mol. The molecular weight excluding hydrogens is 374 g/mol. The lowest BCUT2D eigenvalue weighted by Gasteiger charge is -2.36. The first-order chi connectivity index (χ1) is 14.5. The van der Waals surface area contributed by atoms with Crippen molar-refractivity contribution in [3.05, 3.63) is 71.2 Å². The second kappa shape index (κ2) is 8.30. The van der Waals surface area contributed by atoms with Gasteiger partial charge in [0.05, 0.1) is 11.7 Å². The molecule has 1 aromatic heterocycles. The highest BCUT2D eigenvalue weighted by atomic mass is 16.1. The van der Waals surface area contributed by atoms with Crippen molar-refractivity contribution in [2.75, 3.05) is 30.9 Å². The number of amides is 1. The van der Waals surface area contributed by atoms with Crippen LogP contribution in [-0.4, -0.2) is 42.5 Å². The van der Waals surface area contributed by atoms with Crippen LogP contribution in [0, 0.1) is 0 Å². The average Bonchev–Trinajstić information content (AvgIpc) is 3.19. The molecule has 2 unspecified atom stereocenters. The molecule has 0 bridgehead atoms. The van der Waals surface area contributed by atoms with Crippen molar-refractivity contribution < 1.29 is 4.79 Å². The molecule has 30 heavy (non-hydrogen) atoms. The van der Waals surface area contributed by atoms with Gasteiger partial charge in [0.2, 0.25) is 0 Å². The molecule has 0 radical (unpaired) electrons. The first-order valence-corrected chi connectivity index (χ1v) is 10.7. The zero-order valence-electron chi connectivity index (χ0n) is 18.2. The topological polar surface area (TPSA) is 63.4 Å². The minimum atomic E-state index is -0.0857. The number of carbonyl (C=O) groups excluding carboxylic acids is 1. The second-order valence-electron chi connectivity index (χ2n) is 8.10. The second-order valence-corrected chi connectivity index (χ2v) is 8.10. The fourth-order valence-corrected chi connectivity index (χ4v) is 4.23. The summed E-state index contributed by atoms with van der Waals surface area (Å²) >= 11 is 0. The van der Waals surface area contributed by atoms with Crippen LogP contribution in [0.5, 0.6) is 0 Å². The van der Waals surface area contributed by atoms with Crippen LogP contribution in [0.2, 0.25) is 0 Å². The standard InChI is InChI=1S/C24H31N5O/c1-5-16-9-7-10-17(13-16)24(30)27-21-12-8-11-20(29(21)4)19-14-25-23-22(19)26-18(6-2)15-28(23)3/h7-14,18,20,25-26H,5-6,15H2,1-4H3,(H,27,30). The molecule has 0 fully saturated rings. The van der Waals surface area contributed by atoms with E-state index < -0.39 is 0 Å². The molecule has 1 aromatic carbocycles. The van der Waals surface area contributed by atoms with E-state index in [0.717, 1.165) is 42.3 Å². The van der Waals surface area contributed by atoms with Gasteiger partial charge in [0.1, 0.15) is 11.6 Å². The summed E-state index contributed by atoms with van der Waals surface area (Å²) in [7, 11) is 4.14. The van der Waals surface area contributed by atoms with Crippen LogP contribution >= 0.6 is 0 Å². The number of benzene rings is 1. The van der Waals surface area contributed by atoms with E-state index in [-0.39, 0.29) is 11.9 Å². The summed E-state index contributed by atoms with van der Waals surface area (Å²) in [6.07, 6.45) is 10.2. The lowest BCUT2D eigenvalue weighted by atomic mass is 10.0. The predicted molar refractivity (Wildman–Crippen MR) is 123 cm³/mol. The van der Waals surface area contributed by atoms with Crippen molar-refractivity contribution >= 4 is 17.4 Å². The molecule has 3 N–H and O–H groups in total.